The molecule has 0 aliphatic carbocycles. The first kappa shape index (κ1) is 17.7. The van der Waals surface area contributed by atoms with Crippen LogP contribution in [0.25, 0.3) is 10.9 Å². The van der Waals surface area contributed by atoms with E-state index in [1.807, 2.05) is 60.0 Å². The Hall–Kier alpha value is -2.39. The number of thiophene rings is 2. The van der Waals surface area contributed by atoms with Crippen molar-refractivity contribution in [3.8, 4) is 5.75 Å². The molecular weight excluding hydrogens is 403 g/mol. The Balaban J connectivity index is 1.93. The van der Waals surface area contributed by atoms with Gasteiger partial charge < -0.3 is 9.30 Å². The maximum Gasteiger partial charge on any atom is 0.173 e. The third kappa shape index (κ3) is 2.56. The molecule has 1 unspecified atom stereocenters. The van der Waals surface area contributed by atoms with Gasteiger partial charge in [0.1, 0.15) is 5.75 Å². The van der Waals surface area contributed by atoms with Gasteiger partial charge >= 0.3 is 0 Å². The van der Waals surface area contributed by atoms with Gasteiger partial charge in [-0.3, -0.25) is 0 Å². The number of ether oxygens (including phenoxy) is 1. The van der Waals surface area contributed by atoms with Crippen LogP contribution in [0.4, 0.5) is 0 Å². The Morgan fingerprint density at radius 3 is 2.18 bits per heavy atom. The lowest BCUT2D eigenvalue weighted by Gasteiger charge is -2.18. The van der Waals surface area contributed by atoms with Crippen LogP contribution in [0.2, 0.25) is 0 Å². The molecule has 5 rings (SSSR count). The van der Waals surface area contributed by atoms with E-state index in [4.69, 9.17) is 4.74 Å². The number of benzene rings is 2. The van der Waals surface area contributed by atoms with Crippen LogP contribution in [0.3, 0.4) is 0 Å². The molecule has 2 nitrogen and oxygen atoms in total. The van der Waals surface area contributed by atoms with Gasteiger partial charge in [0.15, 0.2) is 7.14 Å². The molecule has 0 radical (unpaired) electrons. The average Bonchev–Trinajstić information content (AvgIpc) is 3.49. The Morgan fingerprint density at radius 1 is 0.821 bits per heavy atom. The number of hydrogen-bond acceptors (Lipinski definition) is 4. The van der Waals surface area contributed by atoms with Crippen LogP contribution in [-0.2, 0) is 4.57 Å². The van der Waals surface area contributed by atoms with Gasteiger partial charge in [-0.2, -0.15) is 0 Å². The largest absolute Gasteiger partial charge is 0.497 e. The van der Waals surface area contributed by atoms with Crippen LogP contribution in [0.15, 0.2) is 83.6 Å². The quantitative estimate of drug-likeness (QED) is 0.375. The van der Waals surface area contributed by atoms with Crippen molar-refractivity contribution in [2.45, 2.75) is 0 Å². The minimum Gasteiger partial charge on any atom is -0.497 e. The summed E-state index contributed by atoms with van der Waals surface area (Å²) in [5.41, 5.74) is 2.13. The van der Waals surface area contributed by atoms with Crippen LogP contribution in [-0.4, -0.2) is 7.11 Å². The lowest BCUT2D eigenvalue weighted by Crippen LogP contribution is -2.15. The van der Waals surface area contributed by atoms with Crippen LogP contribution in [0, 0.1) is 0 Å². The van der Waals surface area contributed by atoms with Crippen molar-refractivity contribution in [2.24, 2.45) is 0 Å². The molecule has 0 amide bonds. The molecular formula is C23H17O2PS2. The van der Waals surface area contributed by atoms with E-state index in [0.717, 1.165) is 42.6 Å². The third-order valence-corrected chi connectivity index (χ3v) is 10.1. The van der Waals surface area contributed by atoms with E-state index in [2.05, 4.69) is 23.6 Å². The molecule has 138 valence electrons. The van der Waals surface area contributed by atoms with E-state index >= 15 is 0 Å². The van der Waals surface area contributed by atoms with E-state index in [1.165, 1.54) is 0 Å². The zero-order valence-electron chi connectivity index (χ0n) is 15.2. The van der Waals surface area contributed by atoms with Crippen molar-refractivity contribution < 1.29 is 9.30 Å². The molecule has 5 heteroatoms. The third-order valence-electron chi connectivity index (χ3n) is 5.01. The fourth-order valence-electron chi connectivity index (χ4n) is 3.78. The van der Waals surface area contributed by atoms with Crippen molar-refractivity contribution in [1.29, 1.82) is 0 Å². The molecule has 0 saturated heterocycles. The first-order valence-corrected chi connectivity index (χ1v) is 12.4. The van der Waals surface area contributed by atoms with Crippen LogP contribution in [0.5, 0.6) is 5.75 Å². The summed E-state index contributed by atoms with van der Waals surface area (Å²) in [5, 5.41) is 6.79. The Morgan fingerprint density at radius 2 is 1.54 bits per heavy atom. The molecule has 1 aliphatic heterocycles. The topological polar surface area (TPSA) is 26.3 Å². The van der Waals surface area contributed by atoms with Crippen LogP contribution < -0.4 is 15.3 Å². The molecule has 3 heterocycles. The molecule has 2 aromatic carbocycles. The molecule has 0 saturated carbocycles. The normalized spacial score (nSPS) is 18.3. The lowest BCUT2D eigenvalue weighted by molar-refractivity contribution is 0.415. The van der Waals surface area contributed by atoms with Gasteiger partial charge in [0.05, 0.1) is 7.11 Å². The number of hydrogen-bond donors (Lipinski definition) is 0. The summed E-state index contributed by atoms with van der Waals surface area (Å²) in [4.78, 5) is 2.20. The molecule has 1 aliphatic rings. The van der Waals surface area contributed by atoms with Gasteiger partial charge in [0.25, 0.3) is 0 Å². The zero-order valence-corrected chi connectivity index (χ0v) is 17.7. The summed E-state index contributed by atoms with van der Waals surface area (Å²) in [6, 6.07) is 24.1. The fourth-order valence-corrected chi connectivity index (χ4v) is 9.01. The number of methoxy groups -OCH3 is 1. The van der Waals surface area contributed by atoms with Gasteiger partial charge in [0.2, 0.25) is 0 Å². The maximum atomic E-state index is 14.9. The molecule has 2 aromatic heterocycles. The van der Waals surface area contributed by atoms with Crippen molar-refractivity contribution >= 4 is 51.3 Å². The van der Waals surface area contributed by atoms with E-state index in [0.29, 0.717) is 0 Å². The zero-order chi connectivity index (χ0) is 19.1. The van der Waals surface area contributed by atoms with E-state index in [1.54, 1.807) is 29.8 Å². The van der Waals surface area contributed by atoms with Crippen molar-refractivity contribution in [1.82, 2.24) is 0 Å². The minimum absolute atomic E-state index is 0.730. The summed E-state index contributed by atoms with van der Waals surface area (Å²) in [6.45, 7) is 0. The van der Waals surface area contributed by atoms with Gasteiger partial charge in [-0.15, -0.1) is 22.7 Å². The summed E-state index contributed by atoms with van der Waals surface area (Å²) >= 11 is 3.33. The van der Waals surface area contributed by atoms with Crippen LogP contribution >= 0.6 is 29.8 Å². The van der Waals surface area contributed by atoms with Crippen LogP contribution in [0.1, 0.15) is 15.3 Å². The molecule has 0 N–H and O–H groups in total. The molecule has 28 heavy (non-hydrogen) atoms. The summed E-state index contributed by atoms with van der Waals surface area (Å²) in [6.07, 6.45) is 0. The minimum atomic E-state index is -3.03. The SMILES string of the molecule is COc1ccc2c(c1)P(=O)(c1ccccc1)C(c1cccs1)=C2c1cccs1. The lowest BCUT2D eigenvalue weighted by atomic mass is 10.0. The van der Waals surface area contributed by atoms with Gasteiger partial charge in [-0.05, 0) is 46.7 Å². The number of fused-ring (bicyclic) bond motifs is 1. The van der Waals surface area contributed by atoms with Gasteiger partial charge in [0, 0.05) is 31.3 Å². The second-order valence-electron chi connectivity index (χ2n) is 6.51. The van der Waals surface area contributed by atoms with E-state index in [-0.39, 0.29) is 0 Å². The molecule has 0 spiro atoms. The smallest absolute Gasteiger partial charge is 0.173 e. The molecule has 1 atom stereocenters. The standard InChI is InChI=1S/C23H17O2PS2/c1-25-16-11-12-18-19(15-16)26(24,17-7-3-2-4-8-17)23(21-10-6-14-28-21)22(18)20-9-5-13-27-20/h2-15H,1H3. The van der Waals surface area contributed by atoms with Crippen molar-refractivity contribution in [3.63, 3.8) is 0 Å². The summed E-state index contributed by atoms with van der Waals surface area (Å²) < 4.78 is 20.4. The van der Waals surface area contributed by atoms with E-state index < -0.39 is 7.14 Å². The molecule has 4 aromatic rings. The Kier molecular flexibility index (Phi) is 4.36. The van der Waals surface area contributed by atoms with E-state index in [9.17, 15) is 4.57 Å². The van der Waals surface area contributed by atoms with Gasteiger partial charge in [-0.25, -0.2) is 0 Å². The second-order valence-corrected chi connectivity index (χ2v) is 11.1. The number of rotatable bonds is 4. The second kappa shape index (κ2) is 6.89. The molecule has 0 fully saturated rings. The highest BCUT2D eigenvalue weighted by Gasteiger charge is 2.44. The fraction of sp³-hybridized carbons (Fsp3) is 0.0435. The van der Waals surface area contributed by atoms with Gasteiger partial charge in [-0.1, -0.05) is 42.5 Å². The van der Waals surface area contributed by atoms with Crippen molar-refractivity contribution in [3.05, 3.63) is 98.9 Å². The first-order chi connectivity index (χ1) is 13.7. The summed E-state index contributed by atoms with van der Waals surface area (Å²) in [5.74, 6) is 0.730. The Labute approximate surface area is 172 Å². The first-order valence-electron chi connectivity index (χ1n) is 8.90. The predicted octanol–water partition coefficient (Wildman–Crippen LogP) is 6.06. The maximum absolute atomic E-state index is 14.9. The Bertz CT molecular complexity index is 1210. The average molecular weight is 420 g/mol. The highest BCUT2D eigenvalue weighted by atomic mass is 32.1. The highest BCUT2D eigenvalue weighted by Crippen LogP contribution is 2.66. The predicted molar refractivity (Wildman–Crippen MR) is 121 cm³/mol. The highest BCUT2D eigenvalue weighted by molar-refractivity contribution is 7.89. The molecule has 0 bridgehead atoms. The van der Waals surface area contributed by atoms with Crippen molar-refractivity contribution in [2.75, 3.05) is 7.11 Å². The monoisotopic (exact) mass is 420 g/mol. The summed E-state index contributed by atoms with van der Waals surface area (Å²) in [7, 11) is -1.38.